The maximum Gasteiger partial charge on any atom is 0.181 e. The molecule has 0 saturated carbocycles. The van der Waals surface area contributed by atoms with Crippen LogP contribution in [0.5, 0.6) is 0 Å². The van der Waals surface area contributed by atoms with Gasteiger partial charge >= 0.3 is 0 Å². The number of rotatable bonds is 1. The summed E-state index contributed by atoms with van der Waals surface area (Å²) in [5.74, 6) is 0.131. The molecular weight excluding hydrogens is 209 g/mol. The highest BCUT2D eigenvalue weighted by Crippen LogP contribution is 2.18. The summed E-state index contributed by atoms with van der Waals surface area (Å²) in [7, 11) is 0. The van der Waals surface area contributed by atoms with Gasteiger partial charge in [-0.1, -0.05) is 0 Å². The Bertz CT molecular complexity index is 615. The zero-order valence-electron chi connectivity index (χ0n) is 8.05. The number of nitrogens with one attached hydrogen (secondary N) is 1. The number of fused-ring (bicyclic) bond motifs is 1. The average molecular weight is 215 g/mol. The molecule has 3 heterocycles. The number of imidazole rings is 1. The minimum Gasteiger partial charge on any atom is -0.335 e. The Morgan fingerprint density at radius 3 is 2.88 bits per heavy atom. The normalized spacial score (nSPS) is 10.8. The summed E-state index contributed by atoms with van der Waals surface area (Å²) >= 11 is 0. The van der Waals surface area contributed by atoms with Crippen molar-refractivity contribution in [2.24, 2.45) is 0 Å². The molecule has 0 fully saturated rings. The number of hydrogen-bond acceptors (Lipinski definition) is 4. The molecule has 16 heavy (non-hydrogen) atoms. The van der Waals surface area contributed by atoms with E-state index in [2.05, 4.69) is 24.9 Å². The largest absolute Gasteiger partial charge is 0.335 e. The van der Waals surface area contributed by atoms with E-state index in [1.165, 1.54) is 18.6 Å². The Labute approximate surface area is 89.4 Å². The van der Waals surface area contributed by atoms with E-state index in [-0.39, 0.29) is 0 Å². The van der Waals surface area contributed by atoms with Gasteiger partial charge in [-0.25, -0.2) is 19.3 Å². The van der Waals surface area contributed by atoms with E-state index in [0.29, 0.717) is 22.6 Å². The Morgan fingerprint density at radius 1 is 1.12 bits per heavy atom. The summed E-state index contributed by atoms with van der Waals surface area (Å²) in [6.07, 6.45) is 5.71. The topological polar surface area (TPSA) is 67.3 Å². The third kappa shape index (κ3) is 1.40. The van der Waals surface area contributed by atoms with Crippen LogP contribution in [-0.4, -0.2) is 24.9 Å². The van der Waals surface area contributed by atoms with Crippen LogP contribution in [0.4, 0.5) is 4.39 Å². The molecule has 0 aliphatic rings. The second kappa shape index (κ2) is 3.34. The predicted octanol–water partition coefficient (Wildman–Crippen LogP) is 1.55. The molecule has 0 aliphatic heterocycles. The average Bonchev–Trinajstić information content (AvgIpc) is 2.72. The van der Waals surface area contributed by atoms with Crippen LogP contribution in [0.25, 0.3) is 22.6 Å². The van der Waals surface area contributed by atoms with Crippen LogP contribution in [0.2, 0.25) is 0 Å². The van der Waals surface area contributed by atoms with Gasteiger partial charge in [-0.05, 0) is 6.07 Å². The fourth-order valence-corrected chi connectivity index (χ4v) is 1.44. The van der Waals surface area contributed by atoms with Crippen molar-refractivity contribution in [3.05, 3.63) is 36.8 Å². The molecule has 0 unspecified atom stereocenters. The molecule has 78 valence electrons. The van der Waals surface area contributed by atoms with Gasteiger partial charge in [-0.15, -0.1) is 0 Å². The lowest BCUT2D eigenvalue weighted by atomic mass is 10.3. The second-order valence-electron chi connectivity index (χ2n) is 3.24. The predicted molar refractivity (Wildman–Crippen MR) is 54.9 cm³/mol. The van der Waals surface area contributed by atoms with Crippen molar-refractivity contribution in [3.63, 3.8) is 0 Å². The first-order valence-corrected chi connectivity index (χ1v) is 4.59. The molecule has 0 aromatic carbocycles. The Kier molecular flexibility index (Phi) is 1.86. The van der Waals surface area contributed by atoms with E-state index < -0.39 is 5.82 Å². The quantitative estimate of drug-likeness (QED) is 0.668. The van der Waals surface area contributed by atoms with Crippen LogP contribution >= 0.6 is 0 Å². The molecule has 0 spiro atoms. The Balaban J connectivity index is 2.19. The van der Waals surface area contributed by atoms with Gasteiger partial charge in [0.25, 0.3) is 0 Å². The van der Waals surface area contributed by atoms with Gasteiger partial charge in [0.1, 0.15) is 23.5 Å². The molecule has 3 aromatic heterocycles. The Hall–Kier alpha value is -2.37. The first kappa shape index (κ1) is 8.90. The van der Waals surface area contributed by atoms with Crippen molar-refractivity contribution in [1.29, 1.82) is 0 Å². The maximum atomic E-state index is 13.0. The number of hydrogen-bond donors (Lipinski definition) is 1. The van der Waals surface area contributed by atoms with Crippen LogP contribution in [-0.2, 0) is 0 Å². The lowest BCUT2D eigenvalue weighted by Gasteiger charge is -1.94. The van der Waals surface area contributed by atoms with E-state index in [9.17, 15) is 4.39 Å². The molecule has 0 radical (unpaired) electrons. The smallest absolute Gasteiger partial charge is 0.181 e. The molecular formula is C10H6FN5. The molecule has 0 atom stereocenters. The molecule has 0 saturated heterocycles. The number of H-pyrrole nitrogens is 1. The highest BCUT2D eigenvalue weighted by Gasteiger charge is 2.06. The summed E-state index contributed by atoms with van der Waals surface area (Å²) in [5.41, 5.74) is 1.84. The van der Waals surface area contributed by atoms with E-state index in [4.69, 9.17) is 0 Å². The third-order valence-corrected chi connectivity index (χ3v) is 2.14. The fourth-order valence-electron chi connectivity index (χ4n) is 1.44. The molecule has 3 aromatic rings. The van der Waals surface area contributed by atoms with Crippen molar-refractivity contribution in [2.75, 3.05) is 0 Å². The third-order valence-electron chi connectivity index (χ3n) is 2.14. The first-order valence-electron chi connectivity index (χ1n) is 4.59. The number of nitrogens with zero attached hydrogens (tertiary/aromatic N) is 4. The van der Waals surface area contributed by atoms with Crippen LogP contribution in [0.3, 0.4) is 0 Å². The van der Waals surface area contributed by atoms with Crippen LogP contribution < -0.4 is 0 Å². The number of aromatic amines is 1. The summed E-state index contributed by atoms with van der Waals surface area (Å²) in [6.45, 7) is 0. The zero-order chi connectivity index (χ0) is 11.0. The minimum atomic E-state index is -0.399. The van der Waals surface area contributed by atoms with Crippen molar-refractivity contribution in [3.8, 4) is 11.4 Å². The molecule has 0 aliphatic carbocycles. The SMILES string of the molecule is Fc1cncc(-c2nc3ncncc3[nH]2)c1. The van der Waals surface area contributed by atoms with Gasteiger partial charge in [-0.2, -0.15) is 0 Å². The number of pyridine rings is 1. The van der Waals surface area contributed by atoms with E-state index in [0.717, 1.165) is 6.20 Å². The van der Waals surface area contributed by atoms with Crippen LogP contribution in [0.1, 0.15) is 0 Å². The lowest BCUT2D eigenvalue weighted by Crippen LogP contribution is -1.84. The molecule has 0 amide bonds. The van der Waals surface area contributed by atoms with Crippen molar-refractivity contribution in [2.45, 2.75) is 0 Å². The minimum absolute atomic E-state index is 0.399. The van der Waals surface area contributed by atoms with Gasteiger partial charge in [-0.3, -0.25) is 4.98 Å². The van der Waals surface area contributed by atoms with Crippen LogP contribution in [0.15, 0.2) is 31.0 Å². The molecule has 5 nitrogen and oxygen atoms in total. The first-order chi connectivity index (χ1) is 7.83. The summed E-state index contributed by atoms with van der Waals surface area (Å²) in [6, 6.07) is 1.36. The fraction of sp³-hybridized carbons (Fsp3) is 0. The summed E-state index contributed by atoms with van der Waals surface area (Å²) in [5, 5.41) is 0. The summed E-state index contributed by atoms with van der Waals surface area (Å²) in [4.78, 5) is 18.8. The Morgan fingerprint density at radius 2 is 2.06 bits per heavy atom. The van der Waals surface area contributed by atoms with Gasteiger partial charge in [0, 0.05) is 11.8 Å². The zero-order valence-corrected chi connectivity index (χ0v) is 8.05. The number of halogens is 1. The van der Waals surface area contributed by atoms with E-state index >= 15 is 0 Å². The highest BCUT2D eigenvalue weighted by atomic mass is 19.1. The van der Waals surface area contributed by atoms with Gasteiger partial charge in [0.05, 0.1) is 12.4 Å². The van der Waals surface area contributed by atoms with E-state index in [1.807, 2.05) is 0 Å². The standard InChI is InChI=1S/C10H6FN5/c11-7-1-6(2-12-3-7)9-15-8-4-13-5-14-10(8)16-9/h1-5H,(H,13,14,15,16). The van der Waals surface area contributed by atoms with Crippen molar-refractivity contribution >= 4 is 11.2 Å². The summed E-state index contributed by atoms with van der Waals surface area (Å²) < 4.78 is 13.0. The van der Waals surface area contributed by atoms with Gasteiger partial charge in [0.15, 0.2) is 5.65 Å². The van der Waals surface area contributed by atoms with Crippen LogP contribution in [0, 0.1) is 5.82 Å². The highest BCUT2D eigenvalue weighted by molar-refractivity contribution is 5.74. The van der Waals surface area contributed by atoms with Gasteiger partial charge in [0.2, 0.25) is 0 Å². The molecule has 1 N–H and O–H groups in total. The monoisotopic (exact) mass is 215 g/mol. The van der Waals surface area contributed by atoms with Gasteiger partial charge < -0.3 is 4.98 Å². The van der Waals surface area contributed by atoms with Crippen molar-refractivity contribution < 1.29 is 4.39 Å². The second-order valence-corrected chi connectivity index (χ2v) is 3.24. The van der Waals surface area contributed by atoms with E-state index in [1.54, 1.807) is 6.20 Å². The lowest BCUT2D eigenvalue weighted by molar-refractivity contribution is 0.622. The molecule has 3 rings (SSSR count). The number of aromatic nitrogens is 5. The molecule has 6 heteroatoms. The maximum absolute atomic E-state index is 13.0. The van der Waals surface area contributed by atoms with Crippen molar-refractivity contribution in [1.82, 2.24) is 24.9 Å². The molecule has 0 bridgehead atoms.